The van der Waals surface area contributed by atoms with Gasteiger partial charge in [-0.1, -0.05) is 13.8 Å². The maximum absolute atomic E-state index is 5.60. The number of rotatable bonds is 7. The molecule has 0 atom stereocenters. The SMILES string of the molecule is CNc1nc(OC(C)C)nc(N(CC(C)C)C(C)C)n1. The zero-order valence-electron chi connectivity index (χ0n) is 13.6. The van der Waals surface area contributed by atoms with Gasteiger partial charge < -0.3 is 15.0 Å². The van der Waals surface area contributed by atoms with Crippen molar-refractivity contribution in [2.75, 3.05) is 23.8 Å². The lowest BCUT2D eigenvalue weighted by atomic mass is 10.2. The summed E-state index contributed by atoms with van der Waals surface area (Å²) in [5, 5.41) is 2.96. The molecule has 0 unspecified atom stereocenters. The van der Waals surface area contributed by atoms with Crippen molar-refractivity contribution >= 4 is 11.9 Å². The lowest BCUT2D eigenvalue weighted by molar-refractivity contribution is 0.222. The summed E-state index contributed by atoms with van der Waals surface area (Å²) in [7, 11) is 1.79. The highest BCUT2D eigenvalue weighted by molar-refractivity contribution is 5.38. The monoisotopic (exact) mass is 281 g/mol. The molecule has 1 aromatic rings. The molecule has 0 radical (unpaired) electrons. The minimum Gasteiger partial charge on any atom is -0.461 e. The van der Waals surface area contributed by atoms with Crippen molar-refractivity contribution in [2.45, 2.75) is 53.7 Å². The van der Waals surface area contributed by atoms with Gasteiger partial charge in [-0.2, -0.15) is 15.0 Å². The first-order valence-corrected chi connectivity index (χ1v) is 7.20. The van der Waals surface area contributed by atoms with Crippen LogP contribution < -0.4 is 15.0 Å². The van der Waals surface area contributed by atoms with Crippen molar-refractivity contribution in [3.63, 3.8) is 0 Å². The molecule has 114 valence electrons. The van der Waals surface area contributed by atoms with E-state index in [9.17, 15) is 0 Å². The van der Waals surface area contributed by atoms with E-state index in [1.54, 1.807) is 7.05 Å². The molecule has 1 heterocycles. The Bertz CT molecular complexity index is 420. The predicted molar refractivity (Wildman–Crippen MR) is 82.5 cm³/mol. The number of aromatic nitrogens is 3. The number of nitrogens with zero attached hydrogens (tertiary/aromatic N) is 4. The molecule has 0 bridgehead atoms. The Hall–Kier alpha value is -1.59. The second-order valence-electron chi connectivity index (χ2n) is 5.80. The van der Waals surface area contributed by atoms with Crippen molar-refractivity contribution in [1.29, 1.82) is 0 Å². The Labute approximate surface area is 122 Å². The van der Waals surface area contributed by atoms with Gasteiger partial charge in [0.05, 0.1) is 6.10 Å². The molecular weight excluding hydrogens is 254 g/mol. The topological polar surface area (TPSA) is 63.2 Å². The maximum atomic E-state index is 5.60. The molecule has 0 aliphatic heterocycles. The maximum Gasteiger partial charge on any atom is 0.323 e. The number of hydrogen-bond donors (Lipinski definition) is 1. The first-order valence-electron chi connectivity index (χ1n) is 7.20. The summed E-state index contributed by atoms with van der Waals surface area (Å²) in [5.74, 6) is 1.71. The number of ether oxygens (including phenoxy) is 1. The molecule has 0 aliphatic rings. The highest BCUT2D eigenvalue weighted by Gasteiger charge is 2.18. The molecule has 0 fully saturated rings. The standard InChI is InChI=1S/C14H27N5O/c1-9(2)8-19(10(3)4)13-16-12(15-7)17-14(18-13)20-11(5)6/h9-11H,8H2,1-7H3,(H,15,16,17,18). The molecule has 0 aliphatic carbocycles. The first kappa shape index (κ1) is 16.5. The molecule has 0 amide bonds. The van der Waals surface area contributed by atoms with E-state index in [0.29, 0.717) is 29.9 Å². The van der Waals surface area contributed by atoms with Crippen molar-refractivity contribution < 1.29 is 4.74 Å². The Kier molecular flexibility index (Phi) is 5.98. The third-order valence-electron chi connectivity index (χ3n) is 2.61. The lowest BCUT2D eigenvalue weighted by Gasteiger charge is -2.28. The van der Waals surface area contributed by atoms with Gasteiger partial charge in [0.25, 0.3) is 0 Å². The van der Waals surface area contributed by atoms with Crippen molar-refractivity contribution in [3.8, 4) is 6.01 Å². The highest BCUT2D eigenvalue weighted by atomic mass is 16.5. The van der Waals surface area contributed by atoms with Crippen LogP contribution in [0.2, 0.25) is 0 Å². The third kappa shape index (κ3) is 4.83. The zero-order chi connectivity index (χ0) is 15.3. The van der Waals surface area contributed by atoms with E-state index in [1.807, 2.05) is 13.8 Å². The number of nitrogens with one attached hydrogen (secondary N) is 1. The van der Waals surface area contributed by atoms with Gasteiger partial charge in [-0.15, -0.1) is 0 Å². The molecule has 0 spiro atoms. The zero-order valence-corrected chi connectivity index (χ0v) is 13.6. The summed E-state index contributed by atoms with van der Waals surface area (Å²) in [4.78, 5) is 15.3. The molecule has 0 aromatic carbocycles. The van der Waals surface area contributed by atoms with Gasteiger partial charge in [0.2, 0.25) is 11.9 Å². The van der Waals surface area contributed by atoms with E-state index in [1.165, 1.54) is 0 Å². The van der Waals surface area contributed by atoms with Crippen LogP contribution in [-0.2, 0) is 0 Å². The summed E-state index contributed by atoms with van der Waals surface area (Å²) in [6.45, 7) is 13.4. The largest absolute Gasteiger partial charge is 0.461 e. The molecule has 6 nitrogen and oxygen atoms in total. The van der Waals surface area contributed by atoms with E-state index in [-0.39, 0.29) is 6.10 Å². The van der Waals surface area contributed by atoms with E-state index in [4.69, 9.17) is 4.74 Å². The van der Waals surface area contributed by atoms with Crippen molar-refractivity contribution in [1.82, 2.24) is 15.0 Å². The summed E-state index contributed by atoms with van der Waals surface area (Å²) < 4.78 is 5.60. The lowest BCUT2D eigenvalue weighted by Crippen LogP contribution is -2.36. The van der Waals surface area contributed by atoms with Crippen LogP contribution in [0.4, 0.5) is 11.9 Å². The van der Waals surface area contributed by atoms with E-state index in [0.717, 1.165) is 6.54 Å². The summed E-state index contributed by atoms with van der Waals surface area (Å²) in [6.07, 6.45) is 0.0348. The summed E-state index contributed by atoms with van der Waals surface area (Å²) >= 11 is 0. The Morgan fingerprint density at radius 3 is 2.15 bits per heavy atom. The average molecular weight is 281 g/mol. The van der Waals surface area contributed by atoms with E-state index >= 15 is 0 Å². The molecule has 20 heavy (non-hydrogen) atoms. The minimum atomic E-state index is 0.0348. The Morgan fingerprint density at radius 1 is 1.05 bits per heavy atom. The molecule has 0 saturated carbocycles. The summed E-state index contributed by atoms with van der Waals surface area (Å²) in [6, 6.07) is 0.681. The van der Waals surface area contributed by atoms with Gasteiger partial charge in [0, 0.05) is 19.6 Å². The van der Waals surface area contributed by atoms with Gasteiger partial charge in [-0.3, -0.25) is 0 Å². The fourth-order valence-corrected chi connectivity index (χ4v) is 1.77. The quantitative estimate of drug-likeness (QED) is 0.828. The number of hydrogen-bond acceptors (Lipinski definition) is 6. The van der Waals surface area contributed by atoms with Gasteiger partial charge in [0.1, 0.15) is 0 Å². The van der Waals surface area contributed by atoms with Crippen molar-refractivity contribution in [2.24, 2.45) is 5.92 Å². The van der Waals surface area contributed by atoms with Crippen molar-refractivity contribution in [3.05, 3.63) is 0 Å². The predicted octanol–water partition coefficient (Wildman–Crippen LogP) is 2.57. The fourth-order valence-electron chi connectivity index (χ4n) is 1.77. The van der Waals surface area contributed by atoms with Crippen LogP contribution in [0.15, 0.2) is 0 Å². The Balaban J connectivity index is 3.12. The molecule has 6 heteroatoms. The van der Waals surface area contributed by atoms with Crippen LogP contribution in [0.5, 0.6) is 6.01 Å². The average Bonchev–Trinajstić information content (AvgIpc) is 2.34. The van der Waals surface area contributed by atoms with Crippen LogP contribution in [0.1, 0.15) is 41.5 Å². The normalized spacial score (nSPS) is 11.3. The molecular formula is C14H27N5O. The van der Waals surface area contributed by atoms with Gasteiger partial charge in [-0.25, -0.2) is 0 Å². The van der Waals surface area contributed by atoms with Crippen LogP contribution in [0, 0.1) is 5.92 Å². The minimum absolute atomic E-state index is 0.0348. The van der Waals surface area contributed by atoms with Crippen LogP contribution in [0.25, 0.3) is 0 Å². The molecule has 0 saturated heterocycles. The fraction of sp³-hybridized carbons (Fsp3) is 0.786. The second kappa shape index (κ2) is 7.26. The second-order valence-corrected chi connectivity index (χ2v) is 5.80. The first-order chi connectivity index (χ1) is 9.33. The summed E-state index contributed by atoms with van der Waals surface area (Å²) in [5.41, 5.74) is 0. The van der Waals surface area contributed by atoms with Crippen LogP contribution in [0.3, 0.4) is 0 Å². The highest BCUT2D eigenvalue weighted by Crippen LogP contribution is 2.19. The molecule has 1 rings (SSSR count). The molecule has 1 N–H and O–H groups in total. The molecule has 1 aromatic heterocycles. The van der Waals surface area contributed by atoms with Crippen LogP contribution >= 0.6 is 0 Å². The van der Waals surface area contributed by atoms with Crippen LogP contribution in [-0.4, -0.2) is 40.7 Å². The smallest absolute Gasteiger partial charge is 0.323 e. The van der Waals surface area contributed by atoms with Gasteiger partial charge >= 0.3 is 6.01 Å². The number of anilines is 2. The third-order valence-corrected chi connectivity index (χ3v) is 2.61. The van der Waals surface area contributed by atoms with E-state index < -0.39 is 0 Å². The van der Waals surface area contributed by atoms with Gasteiger partial charge in [-0.05, 0) is 33.6 Å². The Morgan fingerprint density at radius 2 is 1.70 bits per heavy atom. The van der Waals surface area contributed by atoms with Gasteiger partial charge in [0.15, 0.2) is 0 Å². The van der Waals surface area contributed by atoms with E-state index in [2.05, 4.69) is 52.9 Å².